The molecule has 0 saturated heterocycles. The Morgan fingerprint density at radius 2 is 1.83 bits per heavy atom. The van der Waals surface area contributed by atoms with Crippen molar-refractivity contribution in [1.82, 2.24) is 4.90 Å². The Labute approximate surface area is 148 Å². The zero-order chi connectivity index (χ0) is 18.3. The smallest absolute Gasteiger partial charge is 0.0909 e. The second kappa shape index (κ2) is 9.00. The second-order valence-corrected chi connectivity index (χ2v) is 7.90. The van der Waals surface area contributed by atoms with E-state index in [1.165, 1.54) is 23.1 Å². The summed E-state index contributed by atoms with van der Waals surface area (Å²) in [4.78, 5) is 11.5. The molecule has 0 saturated carbocycles. The SMILES string of the molecule is CCN(C)/C=N\c1cc(C)c(/C(C)=N/CCCC(C)(C)C)cc1C. The third-order valence-corrected chi connectivity index (χ3v) is 4.26. The Balaban J connectivity index is 2.85. The highest BCUT2D eigenvalue weighted by atomic mass is 15.1. The van der Waals surface area contributed by atoms with Crippen LogP contribution in [0.1, 0.15) is 64.2 Å². The maximum absolute atomic E-state index is 4.79. The van der Waals surface area contributed by atoms with Crippen LogP contribution in [0.3, 0.4) is 0 Å². The zero-order valence-electron chi connectivity index (χ0n) is 16.9. The molecule has 0 amide bonds. The van der Waals surface area contributed by atoms with Crippen LogP contribution in [0.2, 0.25) is 0 Å². The molecule has 1 aromatic rings. The lowest BCUT2D eigenvalue weighted by Crippen LogP contribution is -2.14. The summed E-state index contributed by atoms with van der Waals surface area (Å²) in [6, 6.07) is 4.38. The van der Waals surface area contributed by atoms with Crippen molar-refractivity contribution in [1.29, 1.82) is 0 Å². The van der Waals surface area contributed by atoms with Gasteiger partial charge in [-0.1, -0.05) is 20.8 Å². The molecule has 0 aliphatic carbocycles. The van der Waals surface area contributed by atoms with Gasteiger partial charge in [-0.25, -0.2) is 4.99 Å². The van der Waals surface area contributed by atoms with Gasteiger partial charge in [-0.2, -0.15) is 0 Å². The van der Waals surface area contributed by atoms with Gasteiger partial charge in [-0.15, -0.1) is 0 Å². The molecule has 3 nitrogen and oxygen atoms in total. The van der Waals surface area contributed by atoms with Gasteiger partial charge in [0, 0.05) is 25.8 Å². The molecule has 0 fully saturated rings. The van der Waals surface area contributed by atoms with Crippen LogP contribution < -0.4 is 0 Å². The fraction of sp³-hybridized carbons (Fsp3) is 0.619. The van der Waals surface area contributed by atoms with Crippen LogP contribution in [0.4, 0.5) is 5.69 Å². The Morgan fingerprint density at radius 3 is 2.42 bits per heavy atom. The Hall–Kier alpha value is -1.64. The van der Waals surface area contributed by atoms with Gasteiger partial charge in [0.2, 0.25) is 0 Å². The third-order valence-electron chi connectivity index (χ3n) is 4.26. The maximum atomic E-state index is 4.79. The molecule has 0 aliphatic heterocycles. The van der Waals surface area contributed by atoms with Crippen LogP contribution >= 0.6 is 0 Å². The van der Waals surface area contributed by atoms with Crippen molar-refractivity contribution in [3.05, 3.63) is 28.8 Å². The van der Waals surface area contributed by atoms with E-state index in [0.29, 0.717) is 5.41 Å². The maximum Gasteiger partial charge on any atom is 0.0909 e. The Morgan fingerprint density at radius 1 is 1.17 bits per heavy atom. The highest BCUT2D eigenvalue weighted by Gasteiger charge is 2.09. The van der Waals surface area contributed by atoms with E-state index in [0.717, 1.165) is 30.9 Å². The summed E-state index contributed by atoms with van der Waals surface area (Å²) in [6.07, 6.45) is 4.25. The van der Waals surface area contributed by atoms with Crippen LogP contribution in [0.5, 0.6) is 0 Å². The van der Waals surface area contributed by atoms with Crippen molar-refractivity contribution < 1.29 is 0 Å². The molecule has 134 valence electrons. The predicted octanol–water partition coefficient (Wildman–Crippen LogP) is 5.55. The molecule has 0 spiro atoms. The van der Waals surface area contributed by atoms with Gasteiger partial charge in [0.05, 0.1) is 12.0 Å². The van der Waals surface area contributed by atoms with Crippen molar-refractivity contribution in [2.75, 3.05) is 20.1 Å². The van der Waals surface area contributed by atoms with Gasteiger partial charge in [-0.05, 0) is 74.8 Å². The van der Waals surface area contributed by atoms with Gasteiger partial charge < -0.3 is 4.90 Å². The first-order valence-corrected chi connectivity index (χ1v) is 9.01. The van der Waals surface area contributed by atoms with Crippen molar-refractivity contribution >= 4 is 17.7 Å². The largest absolute Gasteiger partial charge is 0.366 e. The average Bonchev–Trinajstić information content (AvgIpc) is 2.50. The molecule has 3 heteroatoms. The monoisotopic (exact) mass is 329 g/mol. The van der Waals surface area contributed by atoms with Crippen molar-refractivity contribution in [2.24, 2.45) is 15.4 Å². The molecular formula is C21H35N3. The minimum absolute atomic E-state index is 0.390. The number of benzene rings is 1. The standard InChI is InChI=1S/C21H35N3/c1-9-24(8)15-23-20-14-16(2)19(13-17(20)3)18(4)22-12-10-11-21(5,6)7/h13-15H,9-12H2,1-8H3/b22-18+,23-15-. The predicted molar refractivity (Wildman–Crippen MR) is 108 cm³/mol. The second-order valence-electron chi connectivity index (χ2n) is 7.90. The number of nitrogens with zero attached hydrogens (tertiary/aromatic N) is 3. The van der Waals surface area contributed by atoms with Crippen molar-refractivity contribution in [3.8, 4) is 0 Å². The quantitative estimate of drug-likeness (QED) is 0.366. The number of aryl methyl sites for hydroxylation is 2. The van der Waals surface area contributed by atoms with Gasteiger partial charge in [0.25, 0.3) is 0 Å². The lowest BCUT2D eigenvalue weighted by Gasteiger charge is -2.17. The van der Waals surface area contributed by atoms with Gasteiger partial charge >= 0.3 is 0 Å². The average molecular weight is 330 g/mol. The van der Waals surface area contributed by atoms with E-state index in [2.05, 4.69) is 70.5 Å². The summed E-state index contributed by atoms with van der Waals surface area (Å²) < 4.78 is 0. The summed E-state index contributed by atoms with van der Waals surface area (Å²) in [5, 5.41) is 0. The number of rotatable bonds is 7. The minimum atomic E-state index is 0.390. The van der Waals surface area contributed by atoms with E-state index >= 15 is 0 Å². The third kappa shape index (κ3) is 6.86. The van der Waals surface area contributed by atoms with Crippen LogP contribution in [0, 0.1) is 19.3 Å². The first-order valence-electron chi connectivity index (χ1n) is 9.01. The normalized spacial score (nSPS) is 12.9. The summed E-state index contributed by atoms with van der Waals surface area (Å²) in [6.45, 7) is 17.2. The fourth-order valence-corrected chi connectivity index (χ4v) is 2.51. The molecule has 0 atom stereocenters. The van der Waals surface area contributed by atoms with E-state index < -0.39 is 0 Å². The first-order chi connectivity index (χ1) is 11.1. The molecular weight excluding hydrogens is 294 g/mol. The molecule has 0 unspecified atom stereocenters. The Kier molecular flexibility index (Phi) is 7.65. The van der Waals surface area contributed by atoms with E-state index in [1.54, 1.807) is 0 Å². The highest BCUT2D eigenvalue weighted by Crippen LogP contribution is 2.24. The van der Waals surface area contributed by atoms with Crippen LogP contribution in [0.25, 0.3) is 0 Å². The molecule has 0 heterocycles. The topological polar surface area (TPSA) is 28.0 Å². The van der Waals surface area contributed by atoms with Crippen LogP contribution in [-0.2, 0) is 0 Å². The summed E-state index contributed by atoms with van der Waals surface area (Å²) in [5.41, 5.74) is 6.24. The van der Waals surface area contributed by atoms with E-state index in [1.807, 2.05) is 13.4 Å². The van der Waals surface area contributed by atoms with Crippen molar-refractivity contribution in [2.45, 2.75) is 61.3 Å². The molecule has 0 bridgehead atoms. The van der Waals surface area contributed by atoms with E-state index in [9.17, 15) is 0 Å². The van der Waals surface area contributed by atoms with Gasteiger partial charge in [-0.3, -0.25) is 4.99 Å². The van der Waals surface area contributed by atoms with Gasteiger partial charge in [0.15, 0.2) is 0 Å². The van der Waals surface area contributed by atoms with Crippen molar-refractivity contribution in [3.63, 3.8) is 0 Å². The fourth-order valence-electron chi connectivity index (χ4n) is 2.51. The number of hydrogen-bond donors (Lipinski definition) is 0. The molecule has 24 heavy (non-hydrogen) atoms. The van der Waals surface area contributed by atoms with Gasteiger partial charge in [0.1, 0.15) is 0 Å². The summed E-state index contributed by atoms with van der Waals surface area (Å²) in [7, 11) is 2.04. The highest BCUT2D eigenvalue weighted by molar-refractivity contribution is 6.00. The van der Waals surface area contributed by atoms with E-state index in [4.69, 9.17) is 4.99 Å². The molecule has 1 rings (SSSR count). The number of hydrogen-bond acceptors (Lipinski definition) is 2. The zero-order valence-corrected chi connectivity index (χ0v) is 16.9. The Bertz CT molecular complexity index is 592. The molecule has 0 aromatic heterocycles. The number of aliphatic imine (C=N–C) groups is 2. The lowest BCUT2D eigenvalue weighted by molar-refractivity contribution is 0.368. The van der Waals surface area contributed by atoms with E-state index in [-0.39, 0.29) is 0 Å². The summed E-state index contributed by atoms with van der Waals surface area (Å²) in [5.74, 6) is 0. The summed E-state index contributed by atoms with van der Waals surface area (Å²) >= 11 is 0. The molecule has 0 aliphatic rings. The molecule has 0 N–H and O–H groups in total. The first kappa shape index (κ1) is 20.4. The van der Waals surface area contributed by atoms with Crippen LogP contribution in [0.15, 0.2) is 22.1 Å². The lowest BCUT2D eigenvalue weighted by atomic mass is 9.91. The minimum Gasteiger partial charge on any atom is -0.366 e. The molecule has 1 aromatic carbocycles. The molecule has 0 radical (unpaired) electrons. The van der Waals surface area contributed by atoms with Crippen LogP contribution in [-0.4, -0.2) is 37.1 Å².